The number of aliphatic imine (C=N–C) groups is 2. The lowest BCUT2D eigenvalue weighted by molar-refractivity contribution is -0.124. The fraction of sp³-hybridized carbons (Fsp3) is 0.375. The van der Waals surface area contributed by atoms with Crippen LogP contribution in [0.1, 0.15) is 57.1 Å². The van der Waals surface area contributed by atoms with Crippen LogP contribution in [0.4, 0.5) is 14.5 Å². The summed E-state index contributed by atoms with van der Waals surface area (Å²) in [4.78, 5) is 36.5. The minimum absolute atomic E-state index is 0.0879. The molecule has 2 aromatic carbocycles. The summed E-state index contributed by atoms with van der Waals surface area (Å²) in [7, 11) is 0. The summed E-state index contributed by atoms with van der Waals surface area (Å²) < 4.78 is 39.6. The molecule has 1 unspecified atom stereocenters. The Bertz CT molecular complexity index is 1650. The van der Waals surface area contributed by atoms with Crippen LogP contribution in [-0.4, -0.2) is 60.4 Å². The molecule has 2 atom stereocenters. The SMILES string of the molecule is CCC1=NCCN=C1C(=O)N[C@H](C(=O)Nc1ccc(C2=CC(C)=[N+]=C2C)cc1)C1c2cc(F)cc(F)c2OCC12CC2. The number of amides is 2. The van der Waals surface area contributed by atoms with E-state index < -0.39 is 40.8 Å². The summed E-state index contributed by atoms with van der Waals surface area (Å²) in [6.07, 6.45) is 3.90. The molecule has 10 heteroatoms. The second kappa shape index (κ2) is 10.8. The summed E-state index contributed by atoms with van der Waals surface area (Å²) in [5.74, 6) is -3.46. The number of nitrogens with zero attached hydrogens (tertiary/aromatic N) is 3. The Morgan fingerprint density at radius 1 is 1.12 bits per heavy atom. The van der Waals surface area contributed by atoms with Gasteiger partial charge in [-0.15, -0.1) is 0 Å². The number of nitrogens with one attached hydrogen (secondary N) is 2. The predicted molar refractivity (Wildman–Crippen MR) is 160 cm³/mol. The zero-order chi connectivity index (χ0) is 29.6. The first-order valence-corrected chi connectivity index (χ1v) is 14.2. The van der Waals surface area contributed by atoms with E-state index in [1.165, 1.54) is 6.07 Å². The van der Waals surface area contributed by atoms with Crippen LogP contribution < -0.4 is 20.0 Å². The Morgan fingerprint density at radius 2 is 1.86 bits per heavy atom. The number of rotatable bonds is 7. The van der Waals surface area contributed by atoms with Gasteiger partial charge in [0.05, 0.1) is 31.0 Å². The number of allylic oxidation sites excluding steroid dienone is 2. The third-order valence-corrected chi connectivity index (χ3v) is 8.38. The van der Waals surface area contributed by atoms with Crippen LogP contribution in [0.25, 0.3) is 5.57 Å². The van der Waals surface area contributed by atoms with E-state index in [-0.39, 0.29) is 23.6 Å². The molecule has 0 radical (unpaired) electrons. The van der Waals surface area contributed by atoms with Gasteiger partial charge in [0.2, 0.25) is 5.91 Å². The topological polar surface area (TPSA) is 106 Å². The first-order valence-electron chi connectivity index (χ1n) is 14.2. The molecule has 1 spiro atoms. The van der Waals surface area contributed by atoms with Crippen molar-refractivity contribution in [3.8, 4) is 5.75 Å². The van der Waals surface area contributed by atoms with Gasteiger partial charge in [-0.25, -0.2) is 8.78 Å². The van der Waals surface area contributed by atoms with Gasteiger partial charge in [0.25, 0.3) is 5.91 Å². The molecule has 2 amide bonds. The van der Waals surface area contributed by atoms with Crippen molar-refractivity contribution in [2.45, 2.75) is 52.0 Å². The minimum atomic E-state index is -1.16. The maximum absolute atomic E-state index is 14.9. The van der Waals surface area contributed by atoms with Crippen molar-refractivity contribution in [2.24, 2.45) is 15.4 Å². The summed E-state index contributed by atoms with van der Waals surface area (Å²) in [5, 5.41) is 5.82. The highest BCUT2D eigenvalue weighted by Gasteiger charge is 2.58. The van der Waals surface area contributed by atoms with Crippen LogP contribution >= 0.6 is 0 Å². The first kappa shape index (κ1) is 27.7. The Balaban J connectivity index is 1.34. The lowest BCUT2D eigenvalue weighted by Gasteiger charge is -2.38. The van der Waals surface area contributed by atoms with Crippen molar-refractivity contribution in [2.75, 3.05) is 25.0 Å². The van der Waals surface area contributed by atoms with Crippen LogP contribution in [0.15, 0.2) is 52.5 Å². The van der Waals surface area contributed by atoms with Crippen molar-refractivity contribution >= 4 is 45.9 Å². The van der Waals surface area contributed by atoms with E-state index in [9.17, 15) is 18.4 Å². The van der Waals surface area contributed by atoms with E-state index >= 15 is 0 Å². The number of ether oxygens (including phenoxy) is 1. The number of anilines is 1. The van der Waals surface area contributed by atoms with Crippen LogP contribution in [0.3, 0.4) is 0 Å². The summed E-state index contributed by atoms with van der Waals surface area (Å²) in [5.41, 5.74) is 4.77. The third-order valence-electron chi connectivity index (χ3n) is 8.38. The molecule has 8 nitrogen and oxygen atoms in total. The van der Waals surface area contributed by atoms with Crippen LogP contribution in [-0.2, 0) is 9.59 Å². The molecule has 42 heavy (non-hydrogen) atoms. The van der Waals surface area contributed by atoms with Gasteiger partial charge in [0.15, 0.2) is 11.6 Å². The molecule has 3 aliphatic heterocycles. The van der Waals surface area contributed by atoms with E-state index in [2.05, 4.69) is 25.3 Å². The molecule has 4 aliphatic rings. The largest absolute Gasteiger partial charge is 0.490 e. The second-order valence-electron chi connectivity index (χ2n) is 11.3. The molecule has 2 N–H and O–H groups in total. The zero-order valence-electron chi connectivity index (χ0n) is 23.8. The molecule has 1 aliphatic carbocycles. The van der Waals surface area contributed by atoms with Crippen LogP contribution in [0.2, 0.25) is 0 Å². The van der Waals surface area contributed by atoms with Crippen molar-refractivity contribution in [3.05, 3.63) is 65.2 Å². The van der Waals surface area contributed by atoms with Gasteiger partial charge in [-0.1, -0.05) is 23.7 Å². The van der Waals surface area contributed by atoms with E-state index in [1.807, 2.05) is 39.0 Å². The fourth-order valence-corrected chi connectivity index (χ4v) is 6.17. The molecule has 6 rings (SSSR count). The number of hydrogen-bond donors (Lipinski definition) is 2. The highest BCUT2D eigenvalue weighted by Crippen LogP contribution is 2.61. The zero-order valence-corrected chi connectivity index (χ0v) is 23.8. The normalized spacial score (nSPS) is 20.7. The highest BCUT2D eigenvalue weighted by molar-refractivity contribution is 6.67. The summed E-state index contributed by atoms with van der Waals surface area (Å²) >= 11 is 0. The first-order chi connectivity index (χ1) is 20.2. The van der Waals surface area contributed by atoms with Crippen LogP contribution in [0.5, 0.6) is 5.75 Å². The molecule has 0 aromatic heterocycles. The Morgan fingerprint density at radius 3 is 2.52 bits per heavy atom. The second-order valence-corrected chi connectivity index (χ2v) is 11.3. The molecule has 1 fully saturated rings. The van der Waals surface area contributed by atoms with Gasteiger partial charge in [0, 0.05) is 48.6 Å². The number of fused-ring (bicyclic) bond motifs is 1. The number of benzene rings is 2. The quantitative estimate of drug-likeness (QED) is 0.490. The molecule has 1 saturated carbocycles. The Kier molecular flexibility index (Phi) is 7.10. The van der Waals surface area contributed by atoms with E-state index in [0.717, 1.165) is 28.6 Å². The van der Waals surface area contributed by atoms with Gasteiger partial charge in [-0.05, 0) is 43.0 Å². The van der Waals surface area contributed by atoms with E-state index in [4.69, 9.17) is 4.74 Å². The average Bonchev–Trinajstić information content (AvgIpc) is 3.65. The van der Waals surface area contributed by atoms with Crippen molar-refractivity contribution < 1.29 is 23.1 Å². The fourth-order valence-electron chi connectivity index (χ4n) is 6.17. The van der Waals surface area contributed by atoms with Crippen molar-refractivity contribution in [1.82, 2.24) is 9.98 Å². The standard InChI is InChI=1S/C32H31F2N5O3/c1-4-25-27(36-12-11-35-25)30(40)39-28(26-23-14-20(33)15-24(34)29(23)42-16-32(26)9-10-32)31(41)38-21-7-5-19(6-8-21)22-13-17(2)37-18(22)3/h5-8,13-15,26,28H,4,9-12,16H2,1-3H3,(H,39,40)/p+1/t26?,28-/m0/s1. The average molecular weight is 573 g/mol. The molecule has 216 valence electrons. The van der Waals surface area contributed by atoms with Gasteiger partial charge < -0.3 is 15.4 Å². The summed E-state index contributed by atoms with van der Waals surface area (Å²) in [6, 6.07) is 8.17. The molecule has 0 saturated heterocycles. The summed E-state index contributed by atoms with van der Waals surface area (Å²) in [6.45, 7) is 6.79. The molecule has 0 bridgehead atoms. The predicted octanol–water partition coefficient (Wildman–Crippen LogP) is 4.04. The molecular formula is C32H32F2N5O3+. The smallest absolute Gasteiger partial charge is 0.309 e. The number of carbonyl (C=O) groups is 2. The highest BCUT2D eigenvalue weighted by atomic mass is 19.1. The van der Waals surface area contributed by atoms with Gasteiger partial charge in [0.1, 0.15) is 17.6 Å². The number of carbonyl (C=O) groups excluding carboxylic acids is 2. The Hall–Kier alpha value is -4.43. The lowest BCUT2D eigenvalue weighted by atomic mass is 9.75. The van der Waals surface area contributed by atoms with Gasteiger partial charge >= 0.3 is 11.4 Å². The number of hydrogen-bond acceptors (Lipinski definition) is 5. The van der Waals surface area contributed by atoms with Crippen LogP contribution in [0, 0.1) is 17.0 Å². The monoisotopic (exact) mass is 572 g/mol. The van der Waals surface area contributed by atoms with Crippen molar-refractivity contribution in [1.29, 1.82) is 0 Å². The van der Waals surface area contributed by atoms with E-state index in [1.54, 1.807) is 12.1 Å². The lowest BCUT2D eigenvalue weighted by Crippen LogP contribution is -2.54. The van der Waals surface area contributed by atoms with E-state index in [0.29, 0.717) is 43.8 Å². The van der Waals surface area contributed by atoms with Crippen molar-refractivity contribution in [3.63, 3.8) is 0 Å². The maximum atomic E-state index is 14.9. The minimum Gasteiger partial charge on any atom is -0.490 e. The molecule has 2 aromatic rings. The molecule has 3 heterocycles. The number of halogens is 2. The maximum Gasteiger partial charge on any atom is 0.309 e. The molecular weight excluding hydrogens is 540 g/mol. The Labute approximate surface area is 242 Å². The van der Waals surface area contributed by atoms with Gasteiger partial charge in [-0.3, -0.25) is 19.6 Å². The third kappa shape index (κ3) is 5.07. The van der Waals surface area contributed by atoms with Gasteiger partial charge in [-0.2, -0.15) is 0 Å².